The minimum Gasteiger partial charge on any atom is -0.494 e. The molecule has 1 amide bonds. The summed E-state index contributed by atoms with van der Waals surface area (Å²) < 4.78 is 12.1. The lowest BCUT2D eigenvalue weighted by Crippen LogP contribution is -2.35. The molecule has 1 heterocycles. The van der Waals surface area contributed by atoms with Crippen molar-refractivity contribution in [2.75, 3.05) is 13.2 Å². The minimum absolute atomic E-state index is 0.228. The number of carbonyl (C=O) groups is 1. The summed E-state index contributed by atoms with van der Waals surface area (Å²) in [6.45, 7) is 2.66. The van der Waals surface area contributed by atoms with Crippen molar-refractivity contribution in [3.05, 3.63) is 65.1 Å². The zero-order chi connectivity index (χ0) is 17.6. The zero-order valence-corrected chi connectivity index (χ0v) is 14.0. The van der Waals surface area contributed by atoms with Gasteiger partial charge in [-0.15, -0.1) is 0 Å². The standard InChI is InChI=1S/C19H20N2O4/c1-14(21-16-10-5-6-11-17(16)25-19(21)23)18(22)20-12-7-13-24-15-8-3-2-4-9-15/h2-6,8-11,14H,7,12-13H2,1H3,(H,20,22). The third-order valence-corrected chi connectivity index (χ3v) is 3.92. The van der Waals surface area contributed by atoms with Crippen molar-refractivity contribution in [1.29, 1.82) is 0 Å². The number of hydrogen-bond acceptors (Lipinski definition) is 4. The third kappa shape index (κ3) is 3.91. The molecule has 25 heavy (non-hydrogen) atoms. The molecule has 0 bridgehead atoms. The van der Waals surface area contributed by atoms with Crippen LogP contribution in [0.25, 0.3) is 11.1 Å². The molecule has 0 saturated heterocycles. The van der Waals surface area contributed by atoms with Crippen molar-refractivity contribution in [3.8, 4) is 5.75 Å². The number of aromatic nitrogens is 1. The number of hydrogen-bond donors (Lipinski definition) is 1. The topological polar surface area (TPSA) is 73.5 Å². The quantitative estimate of drug-likeness (QED) is 0.671. The lowest BCUT2D eigenvalue weighted by atomic mass is 10.2. The van der Waals surface area contributed by atoms with E-state index in [4.69, 9.17) is 9.15 Å². The van der Waals surface area contributed by atoms with Gasteiger partial charge in [0, 0.05) is 6.54 Å². The van der Waals surface area contributed by atoms with Gasteiger partial charge in [-0.3, -0.25) is 9.36 Å². The van der Waals surface area contributed by atoms with Gasteiger partial charge in [-0.2, -0.15) is 0 Å². The van der Waals surface area contributed by atoms with Crippen molar-refractivity contribution >= 4 is 17.0 Å². The first-order valence-electron chi connectivity index (χ1n) is 8.22. The van der Waals surface area contributed by atoms with Crippen molar-refractivity contribution in [1.82, 2.24) is 9.88 Å². The first kappa shape index (κ1) is 16.8. The molecule has 6 nitrogen and oxygen atoms in total. The second-order valence-corrected chi connectivity index (χ2v) is 5.69. The lowest BCUT2D eigenvalue weighted by Gasteiger charge is -2.13. The highest BCUT2D eigenvalue weighted by Crippen LogP contribution is 2.16. The van der Waals surface area contributed by atoms with E-state index in [9.17, 15) is 9.59 Å². The number of ether oxygens (including phenoxy) is 1. The SMILES string of the molecule is CC(C(=O)NCCCOc1ccccc1)n1c(=O)oc2ccccc21. The van der Waals surface area contributed by atoms with Gasteiger partial charge in [-0.1, -0.05) is 30.3 Å². The summed E-state index contributed by atoms with van der Waals surface area (Å²) in [5, 5.41) is 2.83. The van der Waals surface area contributed by atoms with Crippen LogP contribution < -0.4 is 15.8 Å². The fourth-order valence-electron chi connectivity index (χ4n) is 2.61. The van der Waals surface area contributed by atoms with E-state index in [2.05, 4.69) is 5.32 Å². The average Bonchev–Trinajstić information content (AvgIpc) is 2.97. The Bertz CT molecular complexity index is 898. The molecule has 3 rings (SSSR count). The Hall–Kier alpha value is -3.02. The molecular weight excluding hydrogens is 320 g/mol. The minimum atomic E-state index is -0.647. The number of benzene rings is 2. The Labute approximate surface area is 145 Å². The number of rotatable bonds is 7. The first-order chi connectivity index (χ1) is 12.2. The van der Waals surface area contributed by atoms with Crippen LogP contribution in [0.4, 0.5) is 0 Å². The van der Waals surface area contributed by atoms with Crippen LogP contribution in [-0.4, -0.2) is 23.6 Å². The largest absolute Gasteiger partial charge is 0.494 e. The van der Waals surface area contributed by atoms with Gasteiger partial charge in [0.15, 0.2) is 5.58 Å². The fraction of sp³-hybridized carbons (Fsp3) is 0.263. The summed E-state index contributed by atoms with van der Waals surface area (Å²) in [6.07, 6.45) is 0.675. The van der Waals surface area contributed by atoms with E-state index in [0.29, 0.717) is 30.7 Å². The van der Waals surface area contributed by atoms with Gasteiger partial charge in [-0.05, 0) is 37.6 Å². The van der Waals surface area contributed by atoms with Crippen LogP contribution in [0.3, 0.4) is 0 Å². The predicted octanol–water partition coefficient (Wildman–Crippen LogP) is 2.74. The Kier molecular flexibility index (Phi) is 5.18. The Balaban J connectivity index is 1.52. The monoisotopic (exact) mass is 340 g/mol. The molecule has 0 fully saturated rings. The molecule has 0 aliphatic rings. The molecule has 1 unspecified atom stereocenters. The van der Waals surface area contributed by atoms with Crippen LogP contribution in [0.5, 0.6) is 5.75 Å². The Morgan fingerprint density at radius 2 is 1.88 bits per heavy atom. The summed E-state index contributed by atoms with van der Waals surface area (Å²) in [5.74, 6) is 0.0447. The van der Waals surface area contributed by atoms with Crippen LogP contribution in [-0.2, 0) is 4.79 Å². The van der Waals surface area contributed by atoms with Crippen molar-refractivity contribution in [2.24, 2.45) is 0 Å². The van der Waals surface area contributed by atoms with E-state index in [-0.39, 0.29) is 5.91 Å². The van der Waals surface area contributed by atoms with Crippen LogP contribution in [0.2, 0.25) is 0 Å². The molecule has 1 N–H and O–H groups in total. The lowest BCUT2D eigenvalue weighted by molar-refractivity contribution is -0.123. The summed E-state index contributed by atoms with van der Waals surface area (Å²) in [6, 6.07) is 15.9. The van der Waals surface area contributed by atoms with Crippen molar-refractivity contribution < 1.29 is 13.9 Å². The predicted molar refractivity (Wildman–Crippen MR) is 94.7 cm³/mol. The number of para-hydroxylation sites is 3. The number of oxazole rings is 1. The molecular formula is C19H20N2O4. The normalized spacial score (nSPS) is 12.0. The number of amides is 1. The summed E-state index contributed by atoms with van der Waals surface area (Å²) in [5.41, 5.74) is 1.09. The highest BCUT2D eigenvalue weighted by atomic mass is 16.5. The zero-order valence-electron chi connectivity index (χ0n) is 14.0. The van der Waals surface area contributed by atoms with E-state index in [1.165, 1.54) is 4.57 Å². The van der Waals surface area contributed by atoms with Crippen molar-refractivity contribution in [3.63, 3.8) is 0 Å². The van der Waals surface area contributed by atoms with E-state index in [0.717, 1.165) is 5.75 Å². The maximum Gasteiger partial charge on any atom is 0.420 e. The van der Waals surface area contributed by atoms with E-state index in [1.807, 2.05) is 30.3 Å². The molecule has 1 atom stereocenters. The maximum absolute atomic E-state index is 12.3. The molecule has 0 spiro atoms. The first-order valence-corrected chi connectivity index (χ1v) is 8.22. The van der Waals surface area contributed by atoms with Crippen LogP contribution in [0.15, 0.2) is 63.8 Å². The van der Waals surface area contributed by atoms with Gasteiger partial charge in [0.05, 0.1) is 12.1 Å². The van der Waals surface area contributed by atoms with Gasteiger partial charge in [0.1, 0.15) is 11.8 Å². The average molecular weight is 340 g/mol. The summed E-state index contributed by atoms with van der Waals surface area (Å²) in [4.78, 5) is 24.3. The number of nitrogens with one attached hydrogen (secondary N) is 1. The molecule has 0 radical (unpaired) electrons. The molecule has 130 valence electrons. The van der Waals surface area contributed by atoms with Gasteiger partial charge in [0.25, 0.3) is 0 Å². The number of fused-ring (bicyclic) bond motifs is 1. The molecule has 1 aromatic heterocycles. The molecule has 3 aromatic rings. The molecule has 0 aliphatic carbocycles. The van der Waals surface area contributed by atoms with E-state index >= 15 is 0 Å². The number of carbonyl (C=O) groups excluding carboxylic acids is 1. The summed E-state index contributed by atoms with van der Waals surface area (Å²) >= 11 is 0. The molecule has 6 heteroatoms. The van der Waals surface area contributed by atoms with Gasteiger partial charge in [0.2, 0.25) is 5.91 Å². The van der Waals surface area contributed by atoms with Crippen LogP contribution >= 0.6 is 0 Å². The van der Waals surface area contributed by atoms with Crippen LogP contribution in [0, 0.1) is 0 Å². The van der Waals surface area contributed by atoms with Crippen molar-refractivity contribution in [2.45, 2.75) is 19.4 Å². The molecule has 0 saturated carbocycles. The van der Waals surface area contributed by atoms with E-state index < -0.39 is 11.8 Å². The molecule has 2 aromatic carbocycles. The second kappa shape index (κ2) is 7.70. The molecule has 0 aliphatic heterocycles. The van der Waals surface area contributed by atoms with Gasteiger partial charge in [-0.25, -0.2) is 4.79 Å². The smallest absolute Gasteiger partial charge is 0.420 e. The van der Waals surface area contributed by atoms with E-state index in [1.54, 1.807) is 31.2 Å². The maximum atomic E-state index is 12.3. The fourth-order valence-corrected chi connectivity index (χ4v) is 2.61. The highest BCUT2D eigenvalue weighted by Gasteiger charge is 2.20. The van der Waals surface area contributed by atoms with Gasteiger partial charge < -0.3 is 14.5 Å². The highest BCUT2D eigenvalue weighted by molar-refractivity contribution is 5.82. The third-order valence-electron chi connectivity index (χ3n) is 3.92. The van der Waals surface area contributed by atoms with Gasteiger partial charge >= 0.3 is 5.76 Å². The Morgan fingerprint density at radius 1 is 1.16 bits per heavy atom. The van der Waals surface area contributed by atoms with Crippen LogP contribution in [0.1, 0.15) is 19.4 Å². The Morgan fingerprint density at radius 3 is 2.68 bits per heavy atom. The second-order valence-electron chi connectivity index (χ2n) is 5.69. The number of nitrogens with zero attached hydrogens (tertiary/aromatic N) is 1. The summed E-state index contributed by atoms with van der Waals surface area (Å²) in [7, 11) is 0.